The summed E-state index contributed by atoms with van der Waals surface area (Å²) in [5, 5.41) is 10.1. The topological polar surface area (TPSA) is 40.5 Å². The van der Waals surface area contributed by atoms with Crippen molar-refractivity contribution in [2.24, 2.45) is 0 Å². The van der Waals surface area contributed by atoms with Gasteiger partial charge in [-0.25, -0.2) is 0 Å². The smallest absolute Gasteiger partial charge is 0.254 e. The lowest BCUT2D eigenvalue weighted by Crippen LogP contribution is -2.25. The Morgan fingerprint density at radius 1 is 1.50 bits per heavy atom. The standard InChI is InChI=1S/C11H13NO2/c1-3-4-11(13)12(14)10-7-5-9(2)6-8-10/h3,5-8,14H,1,4H2,2H3. The highest BCUT2D eigenvalue weighted by molar-refractivity contribution is 5.91. The second kappa shape index (κ2) is 4.58. The van der Waals surface area contributed by atoms with Gasteiger partial charge in [-0.1, -0.05) is 23.8 Å². The summed E-state index contributed by atoms with van der Waals surface area (Å²) in [6.45, 7) is 5.37. The highest BCUT2D eigenvalue weighted by Crippen LogP contribution is 2.13. The number of amides is 1. The van der Waals surface area contributed by atoms with Gasteiger partial charge in [0.25, 0.3) is 5.91 Å². The second-order valence-electron chi connectivity index (χ2n) is 3.03. The van der Waals surface area contributed by atoms with E-state index in [1.54, 1.807) is 12.1 Å². The number of hydroxylamine groups is 1. The first-order chi connectivity index (χ1) is 6.65. The molecule has 0 saturated heterocycles. The van der Waals surface area contributed by atoms with Crippen LogP contribution in [0.1, 0.15) is 12.0 Å². The zero-order valence-corrected chi connectivity index (χ0v) is 8.10. The molecule has 74 valence electrons. The summed E-state index contributed by atoms with van der Waals surface area (Å²) >= 11 is 0. The Balaban J connectivity index is 2.78. The third-order valence-electron chi connectivity index (χ3n) is 1.83. The Kier molecular flexibility index (Phi) is 3.42. The molecule has 0 atom stereocenters. The average Bonchev–Trinajstić information content (AvgIpc) is 2.18. The predicted octanol–water partition coefficient (Wildman–Crippen LogP) is 2.29. The van der Waals surface area contributed by atoms with Gasteiger partial charge in [0, 0.05) is 6.42 Å². The van der Waals surface area contributed by atoms with Crippen LogP contribution in [0.25, 0.3) is 0 Å². The van der Waals surface area contributed by atoms with Crippen LogP contribution in [0.2, 0.25) is 0 Å². The molecule has 3 heteroatoms. The van der Waals surface area contributed by atoms with Gasteiger partial charge in [-0.2, -0.15) is 5.06 Å². The molecule has 0 saturated carbocycles. The molecular weight excluding hydrogens is 178 g/mol. The van der Waals surface area contributed by atoms with Crippen LogP contribution >= 0.6 is 0 Å². The summed E-state index contributed by atoms with van der Waals surface area (Å²) in [4.78, 5) is 11.2. The molecule has 0 aliphatic heterocycles. The van der Waals surface area contributed by atoms with Crippen LogP contribution in [0.4, 0.5) is 5.69 Å². The lowest BCUT2D eigenvalue weighted by atomic mass is 10.2. The molecule has 0 aliphatic rings. The lowest BCUT2D eigenvalue weighted by Gasteiger charge is -2.13. The summed E-state index contributed by atoms with van der Waals surface area (Å²) in [5.74, 6) is -0.385. The highest BCUT2D eigenvalue weighted by atomic mass is 16.5. The fraction of sp³-hybridized carbons (Fsp3) is 0.182. The van der Waals surface area contributed by atoms with Gasteiger partial charge in [0.2, 0.25) is 0 Å². The zero-order valence-electron chi connectivity index (χ0n) is 8.10. The van der Waals surface area contributed by atoms with E-state index >= 15 is 0 Å². The zero-order chi connectivity index (χ0) is 10.6. The van der Waals surface area contributed by atoms with Gasteiger partial charge in [-0.15, -0.1) is 6.58 Å². The van der Waals surface area contributed by atoms with Crippen LogP contribution in [0.5, 0.6) is 0 Å². The number of carbonyl (C=O) groups is 1. The van der Waals surface area contributed by atoms with E-state index in [2.05, 4.69) is 6.58 Å². The van der Waals surface area contributed by atoms with Gasteiger partial charge in [0.15, 0.2) is 0 Å². The molecule has 0 unspecified atom stereocenters. The van der Waals surface area contributed by atoms with Crippen molar-refractivity contribution in [3.05, 3.63) is 42.5 Å². The quantitative estimate of drug-likeness (QED) is 0.452. The molecule has 14 heavy (non-hydrogen) atoms. The van der Waals surface area contributed by atoms with Crippen molar-refractivity contribution in [1.82, 2.24) is 0 Å². The van der Waals surface area contributed by atoms with E-state index in [1.807, 2.05) is 19.1 Å². The van der Waals surface area contributed by atoms with Crippen molar-refractivity contribution in [3.8, 4) is 0 Å². The molecule has 0 fully saturated rings. The maximum atomic E-state index is 11.2. The van der Waals surface area contributed by atoms with E-state index < -0.39 is 0 Å². The number of benzene rings is 1. The van der Waals surface area contributed by atoms with E-state index in [4.69, 9.17) is 0 Å². The Morgan fingerprint density at radius 2 is 2.07 bits per heavy atom. The van der Waals surface area contributed by atoms with Crippen LogP contribution in [-0.4, -0.2) is 11.1 Å². The molecule has 1 rings (SSSR count). The number of hydrogen-bond acceptors (Lipinski definition) is 2. The molecule has 0 aliphatic carbocycles. The molecule has 0 heterocycles. The third-order valence-corrected chi connectivity index (χ3v) is 1.83. The first-order valence-electron chi connectivity index (χ1n) is 4.34. The van der Waals surface area contributed by atoms with Crippen molar-refractivity contribution in [2.75, 3.05) is 5.06 Å². The number of aryl methyl sites for hydroxylation is 1. The van der Waals surface area contributed by atoms with Gasteiger partial charge in [0.1, 0.15) is 0 Å². The fourth-order valence-corrected chi connectivity index (χ4v) is 1.04. The molecule has 0 aromatic heterocycles. The fourth-order valence-electron chi connectivity index (χ4n) is 1.04. The molecule has 1 N–H and O–H groups in total. The Morgan fingerprint density at radius 3 is 2.57 bits per heavy atom. The average molecular weight is 191 g/mol. The molecule has 1 amide bonds. The van der Waals surface area contributed by atoms with Crippen molar-refractivity contribution in [3.63, 3.8) is 0 Å². The van der Waals surface area contributed by atoms with Gasteiger partial charge >= 0.3 is 0 Å². The molecule has 0 radical (unpaired) electrons. The van der Waals surface area contributed by atoms with Crippen LogP contribution < -0.4 is 5.06 Å². The normalized spacial score (nSPS) is 9.57. The maximum Gasteiger partial charge on any atom is 0.254 e. The molecule has 0 spiro atoms. The summed E-state index contributed by atoms with van der Waals surface area (Å²) in [6, 6.07) is 7.05. The van der Waals surface area contributed by atoms with Crippen LogP contribution in [0.3, 0.4) is 0 Å². The minimum atomic E-state index is -0.385. The first kappa shape index (κ1) is 10.5. The Hall–Kier alpha value is -1.61. The maximum absolute atomic E-state index is 11.2. The molecule has 3 nitrogen and oxygen atoms in total. The van der Waals surface area contributed by atoms with Crippen molar-refractivity contribution >= 4 is 11.6 Å². The van der Waals surface area contributed by atoms with E-state index in [9.17, 15) is 10.0 Å². The van der Waals surface area contributed by atoms with Crippen LogP contribution in [-0.2, 0) is 4.79 Å². The van der Waals surface area contributed by atoms with Crippen molar-refractivity contribution in [2.45, 2.75) is 13.3 Å². The first-order valence-corrected chi connectivity index (χ1v) is 4.34. The molecular formula is C11H13NO2. The van der Waals surface area contributed by atoms with E-state index in [1.165, 1.54) is 6.08 Å². The minimum Gasteiger partial charge on any atom is -0.281 e. The summed E-state index contributed by atoms with van der Waals surface area (Å²) < 4.78 is 0. The third kappa shape index (κ3) is 2.44. The van der Waals surface area contributed by atoms with Gasteiger partial charge in [0.05, 0.1) is 5.69 Å². The summed E-state index contributed by atoms with van der Waals surface area (Å²) in [5.41, 5.74) is 1.56. The monoisotopic (exact) mass is 191 g/mol. The van der Waals surface area contributed by atoms with Crippen molar-refractivity contribution in [1.29, 1.82) is 0 Å². The number of nitrogens with zero attached hydrogens (tertiary/aromatic N) is 1. The minimum absolute atomic E-state index is 0.129. The van der Waals surface area contributed by atoms with E-state index in [-0.39, 0.29) is 12.3 Å². The SMILES string of the molecule is C=CCC(=O)N(O)c1ccc(C)cc1. The van der Waals surface area contributed by atoms with E-state index in [0.717, 1.165) is 5.56 Å². The Bertz CT molecular complexity index is 330. The summed E-state index contributed by atoms with van der Waals surface area (Å²) in [7, 11) is 0. The Labute approximate surface area is 83.2 Å². The van der Waals surface area contributed by atoms with Gasteiger partial charge in [-0.3, -0.25) is 10.0 Å². The van der Waals surface area contributed by atoms with E-state index in [0.29, 0.717) is 10.8 Å². The molecule has 1 aromatic rings. The molecule has 0 bridgehead atoms. The lowest BCUT2D eigenvalue weighted by molar-refractivity contribution is -0.122. The highest BCUT2D eigenvalue weighted by Gasteiger charge is 2.10. The molecule has 1 aromatic carbocycles. The predicted molar refractivity (Wildman–Crippen MR) is 55.3 cm³/mol. The van der Waals surface area contributed by atoms with Crippen molar-refractivity contribution < 1.29 is 10.0 Å². The second-order valence-corrected chi connectivity index (χ2v) is 3.03. The van der Waals surface area contributed by atoms with Gasteiger partial charge in [-0.05, 0) is 19.1 Å². The van der Waals surface area contributed by atoms with Crippen LogP contribution in [0.15, 0.2) is 36.9 Å². The number of anilines is 1. The van der Waals surface area contributed by atoms with Gasteiger partial charge < -0.3 is 0 Å². The number of carbonyl (C=O) groups excluding carboxylic acids is 1. The summed E-state index contributed by atoms with van der Waals surface area (Å²) in [6.07, 6.45) is 1.59. The number of rotatable bonds is 3. The van der Waals surface area contributed by atoms with Crippen LogP contribution in [0, 0.1) is 6.92 Å². The number of hydrogen-bond donors (Lipinski definition) is 1. The largest absolute Gasteiger partial charge is 0.281 e.